The van der Waals surface area contributed by atoms with Gasteiger partial charge in [0.1, 0.15) is 17.6 Å². The van der Waals surface area contributed by atoms with Gasteiger partial charge in [-0.25, -0.2) is 4.98 Å². The van der Waals surface area contributed by atoms with Gasteiger partial charge in [-0.1, -0.05) is 55.5 Å². The lowest BCUT2D eigenvalue weighted by Gasteiger charge is -2.13. The lowest BCUT2D eigenvalue weighted by molar-refractivity contribution is -0.116. The number of nitrogens with one attached hydrogen (secondary N) is 1. The van der Waals surface area contributed by atoms with E-state index in [0.717, 1.165) is 34.4 Å². The minimum atomic E-state index is -0.174. The highest BCUT2D eigenvalue weighted by molar-refractivity contribution is 5.96. The first-order valence-electron chi connectivity index (χ1n) is 10.6. The normalized spacial score (nSPS) is 11.1. The summed E-state index contributed by atoms with van der Waals surface area (Å²) in [5.41, 5.74) is 5.66. The maximum Gasteiger partial charge on any atom is 0.277 e. The predicted molar refractivity (Wildman–Crippen MR) is 124 cm³/mol. The van der Waals surface area contributed by atoms with Crippen molar-refractivity contribution in [1.82, 2.24) is 14.1 Å². The van der Waals surface area contributed by atoms with Gasteiger partial charge in [-0.15, -0.1) is 0 Å². The van der Waals surface area contributed by atoms with Gasteiger partial charge in [-0.05, 0) is 37.0 Å². The Morgan fingerprint density at radius 2 is 1.81 bits per heavy atom. The van der Waals surface area contributed by atoms with Crippen molar-refractivity contribution < 1.29 is 4.79 Å². The maximum absolute atomic E-state index is 13.1. The zero-order valence-electron chi connectivity index (χ0n) is 18.1. The third-order valence-corrected chi connectivity index (χ3v) is 5.59. The summed E-state index contributed by atoms with van der Waals surface area (Å²) in [7, 11) is 0. The zero-order chi connectivity index (χ0) is 22.0. The highest BCUT2D eigenvalue weighted by atomic mass is 16.2. The number of aryl methyl sites for hydroxylation is 3. The molecule has 158 valence electrons. The van der Waals surface area contributed by atoms with E-state index in [1.807, 2.05) is 68.6 Å². The van der Waals surface area contributed by atoms with Gasteiger partial charge in [0.25, 0.3) is 5.56 Å². The van der Waals surface area contributed by atoms with E-state index < -0.39 is 0 Å². The van der Waals surface area contributed by atoms with Gasteiger partial charge in [0.05, 0.1) is 6.33 Å². The Morgan fingerprint density at radius 1 is 1.03 bits per heavy atom. The molecule has 0 aliphatic carbocycles. The van der Waals surface area contributed by atoms with Crippen LogP contribution in [0.4, 0.5) is 5.69 Å². The van der Waals surface area contributed by atoms with Crippen LogP contribution in [-0.4, -0.2) is 20.0 Å². The van der Waals surface area contributed by atoms with Gasteiger partial charge < -0.3 is 9.88 Å². The van der Waals surface area contributed by atoms with Crippen LogP contribution in [0.25, 0.3) is 22.2 Å². The number of carbonyl (C=O) groups excluding carboxylic acids is 1. The Balaban J connectivity index is 1.77. The molecule has 0 bridgehead atoms. The van der Waals surface area contributed by atoms with Gasteiger partial charge >= 0.3 is 0 Å². The molecule has 6 heteroatoms. The Morgan fingerprint density at radius 3 is 2.52 bits per heavy atom. The van der Waals surface area contributed by atoms with Crippen molar-refractivity contribution in [3.05, 3.63) is 82.5 Å². The second-order valence-electron chi connectivity index (χ2n) is 7.58. The summed E-state index contributed by atoms with van der Waals surface area (Å²) in [4.78, 5) is 30.6. The molecule has 31 heavy (non-hydrogen) atoms. The van der Waals surface area contributed by atoms with Crippen LogP contribution in [0.15, 0.2) is 65.8 Å². The fourth-order valence-electron chi connectivity index (χ4n) is 3.93. The van der Waals surface area contributed by atoms with Crippen molar-refractivity contribution >= 4 is 22.6 Å². The van der Waals surface area contributed by atoms with Crippen LogP contribution in [0.2, 0.25) is 0 Å². The summed E-state index contributed by atoms with van der Waals surface area (Å²) in [5.74, 6) is -0.174. The zero-order valence-corrected chi connectivity index (χ0v) is 18.1. The minimum Gasteiger partial charge on any atom is -0.332 e. The van der Waals surface area contributed by atoms with E-state index in [-0.39, 0.29) is 18.0 Å². The summed E-state index contributed by atoms with van der Waals surface area (Å²) < 4.78 is 3.28. The van der Waals surface area contributed by atoms with E-state index in [2.05, 4.69) is 17.2 Å². The molecule has 0 aliphatic rings. The number of hydrogen-bond donors (Lipinski definition) is 1. The lowest BCUT2D eigenvalue weighted by Crippen LogP contribution is -2.25. The molecular weight excluding hydrogens is 388 g/mol. The Kier molecular flexibility index (Phi) is 5.71. The predicted octanol–water partition coefficient (Wildman–Crippen LogP) is 4.39. The van der Waals surface area contributed by atoms with Crippen LogP contribution >= 0.6 is 0 Å². The molecule has 2 heterocycles. The van der Waals surface area contributed by atoms with Crippen LogP contribution in [0.1, 0.15) is 25.0 Å². The molecule has 1 amide bonds. The first-order valence-corrected chi connectivity index (χ1v) is 10.6. The van der Waals surface area contributed by atoms with Crippen molar-refractivity contribution in [2.75, 3.05) is 5.32 Å². The molecule has 4 aromatic rings. The van der Waals surface area contributed by atoms with E-state index in [1.54, 1.807) is 15.5 Å². The van der Waals surface area contributed by atoms with Crippen LogP contribution in [0, 0.1) is 6.92 Å². The van der Waals surface area contributed by atoms with E-state index in [9.17, 15) is 9.59 Å². The van der Waals surface area contributed by atoms with Crippen LogP contribution in [-0.2, 0) is 24.3 Å². The van der Waals surface area contributed by atoms with Crippen LogP contribution < -0.4 is 10.9 Å². The van der Waals surface area contributed by atoms with E-state index in [4.69, 9.17) is 0 Å². The van der Waals surface area contributed by atoms with Crippen molar-refractivity contribution in [3.63, 3.8) is 0 Å². The summed E-state index contributed by atoms with van der Waals surface area (Å²) in [6, 6.07) is 15.8. The average Bonchev–Trinajstić information content (AvgIpc) is 3.15. The second-order valence-corrected chi connectivity index (χ2v) is 7.58. The molecule has 4 rings (SSSR count). The number of fused-ring (bicyclic) bond motifs is 1. The molecule has 0 saturated heterocycles. The number of aromatic nitrogens is 3. The quantitative estimate of drug-likeness (QED) is 0.509. The maximum atomic E-state index is 13.1. The largest absolute Gasteiger partial charge is 0.332 e. The molecule has 0 radical (unpaired) electrons. The number of rotatable bonds is 6. The lowest BCUT2D eigenvalue weighted by atomic mass is 10.1. The number of anilines is 1. The standard InChI is InChI=1S/C25H26N4O2/c1-4-18-13-9-10-17(3)22(18)27-21(30)15-29-14-20(19-11-7-6-8-12-19)23-24(29)25(31)28(5-2)16-26-23/h6-14,16H,4-5,15H2,1-3H3,(H,27,30). The molecule has 0 spiro atoms. The van der Waals surface area contributed by atoms with Crippen molar-refractivity contribution in [2.24, 2.45) is 0 Å². The number of nitrogens with zero attached hydrogens (tertiary/aromatic N) is 3. The van der Waals surface area contributed by atoms with Gasteiger partial charge in [0.2, 0.25) is 5.91 Å². The minimum absolute atomic E-state index is 0.0332. The van der Waals surface area contributed by atoms with Crippen molar-refractivity contribution in [1.29, 1.82) is 0 Å². The summed E-state index contributed by atoms with van der Waals surface area (Å²) in [6.07, 6.45) is 4.25. The highest BCUT2D eigenvalue weighted by Gasteiger charge is 2.18. The third kappa shape index (κ3) is 3.89. The molecule has 0 fully saturated rings. The van der Waals surface area contributed by atoms with Crippen LogP contribution in [0.3, 0.4) is 0 Å². The van der Waals surface area contributed by atoms with E-state index in [1.165, 1.54) is 0 Å². The Hall–Kier alpha value is -3.67. The highest BCUT2D eigenvalue weighted by Crippen LogP contribution is 2.28. The number of carbonyl (C=O) groups is 1. The Bertz CT molecular complexity index is 1300. The molecule has 6 nitrogen and oxygen atoms in total. The fraction of sp³-hybridized carbons (Fsp3) is 0.240. The number of benzene rings is 2. The molecule has 0 unspecified atom stereocenters. The smallest absolute Gasteiger partial charge is 0.277 e. The summed E-state index contributed by atoms with van der Waals surface area (Å²) >= 11 is 0. The number of para-hydroxylation sites is 1. The molecule has 0 atom stereocenters. The SMILES string of the molecule is CCc1cccc(C)c1NC(=O)Cn1cc(-c2ccccc2)c2ncn(CC)c(=O)c21. The Labute approximate surface area is 181 Å². The molecule has 0 saturated carbocycles. The van der Waals surface area contributed by atoms with Gasteiger partial charge in [0.15, 0.2) is 0 Å². The number of hydrogen-bond acceptors (Lipinski definition) is 3. The summed E-state index contributed by atoms with van der Waals surface area (Å²) in [6.45, 7) is 6.50. The first-order chi connectivity index (χ1) is 15.0. The van der Waals surface area contributed by atoms with Gasteiger partial charge in [-0.2, -0.15) is 0 Å². The molecule has 2 aromatic heterocycles. The third-order valence-electron chi connectivity index (χ3n) is 5.59. The van der Waals surface area contributed by atoms with Gasteiger partial charge in [-0.3, -0.25) is 14.2 Å². The number of amides is 1. The molecule has 1 N–H and O–H groups in total. The summed E-state index contributed by atoms with van der Waals surface area (Å²) in [5, 5.41) is 3.05. The second kappa shape index (κ2) is 8.60. The first kappa shape index (κ1) is 20.6. The monoisotopic (exact) mass is 414 g/mol. The van der Waals surface area contributed by atoms with E-state index >= 15 is 0 Å². The fourth-order valence-corrected chi connectivity index (χ4v) is 3.93. The van der Waals surface area contributed by atoms with Crippen molar-refractivity contribution in [3.8, 4) is 11.1 Å². The molecule has 0 aliphatic heterocycles. The van der Waals surface area contributed by atoms with Crippen LogP contribution in [0.5, 0.6) is 0 Å². The van der Waals surface area contributed by atoms with Crippen molar-refractivity contribution in [2.45, 2.75) is 40.3 Å². The molecular formula is C25H26N4O2. The van der Waals surface area contributed by atoms with Gasteiger partial charge in [0, 0.05) is 24.0 Å². The average molecular weight is 415 g/mol. The molecule has 2 aromatic carbocycles. The van der Waals surface area contributed by atoms with E-state index in [0.29, 0.717) is 17.6 Å². The topological polar surface area (TPSA) is 68.9 Å².